The lowest BCUT2D eigenvalue weighted by molar-refractivity contribution is 0.0698. The van der Waals surface area contributed by atoms with Crippen LogP contribution in [0.15, 0.2) is 30.9 Å². The van der Waals surface area contributed by atoms with Gasteiger partial charge in [-0.05, 0) is 31.9 Å². The summed E-state index contributed by atoms with van der Waals surface area (Å²) in [5, 5.41) is 12.3. The van der Waals surface area contributed by atoms with Crippen molar-refractivity contribution in [3.05, 3.63) is 42.0 Å². The number of para-hydroxylation sites is 1. The number of carboxylic acids is 1. The molecule has 0 heterocycles. The van der Waals surface area contributed by atoms with Crippen LogP contribution in [0.25, 0.3) is 0 Å². The van der Waals surface area contributed by atoms with Crippen molar-refractivity contribution in [1.82, 2.24) is 0 Å². The number of rotatable bonds is 5. The first-order valence-corrected chi connectivity index (χ1v) is 5.26. The summed E-state index contributed by atoms with van der Waals surface area (Å²) in [6.07, 6.45) is 2.61. The van der Waals surface area contributed by atoms with Crippen LogP contribution in [0.3, 0.4) is 0 Å². The molecule has 3 nitrogen and oxygen atoms in total. The van der Waals surface area contributed by atoms with Crippen molar-refractivity contribution in [2.75, 3.05) is 5.32 Å². The molecule has 3 heteroatoms. The second-order valence-electron chi connectivity index (χ2n) is 3.87. The molecule has 1 aromatic carbocycles. The number of carbonyl (C=O) groups is 1. The molecule has 1 atom stereocenters. The van der Waals surface area contributed by atoms with E-state index < -0.39 is 5.97 Å². The summed E-state index contributed by atoms with van der Waals surface area (Å²) in [6.45, 7) is 7.56. The molecule has 0 aliphatic carbocycles. The van der Waals surface area contributed by atoms with Crippen molar-refractivity contribution >= 4 is 11.7 Å². The highest BCUT2D eigenvalue weighted by Gasteiger charge is 2.13. The van der Waals surface area contributed by atoms with E-state index in [-0.39, 0.29) is 6.04 Å². The van der Waals surface area contributed by atoms with Gasteiger partial charge >= 0.3 is 5.97 Å². The van der Waals surface area contributed by atoms with Crippen molar-refractivity contribution < 1.29 is 9.90 Å². The maximum Gasteiger partial charge on any atom is 0.337 e. The standard InChI is InChI=1S/C13H17NO2/c1-4-6-10(3)14-12-9(2)7-5-8-11(12)13(15)16/h4-5,7-8,10,14H,1,6H2,2-3H3,(H,15,16). The quantitative estimate of drug-likeness (QED) is 0.748. The molecular formula is C13H17NO2. The molecule has 1 unspecified atom stereocenters. The molecule has 0 saturated carbocycles. The van der Waals surface area contributed by atoms with Crippen LogP contribution in [0, 0.1) is 6.92 Å². The first-order chi connectivity index (χ1) is 7.56. The second-order valence-corrected chi connectivity index (χ2v) is 3.87. The van der Waals surface area contributed by atoms with Crippen molar-refractivity contribution in [2.45, 2.75) is 26.3 Å². The number of nitrogens with one attached hydrogen (secondary N) is 1. The molecule has 0 amide bonds. The summed E-state index contributed by atoms with van der Waals surface area (Å²) in [4.78, 5) is 11.1. The Bertz CT molecular complexity index is 399. The van der Waals surface area contributed by atoms with E-state index in [4.69, 9.17) is 5.11 Å². The fourth-order valence-corrected chi connectivity index (χ4v) is 1.59. The van der Waals surface area contributed by atoms with Crippen LogP contribution in [0.5, 0.6) is 0 Å². The zero-order chi connectivity index (χ0) is 12.1. The fraction of sp³-hybridized carbons (Fsp3) is 0.308. The van der Waals surface area contributed by atoms with Gasteiger partial charge in [-0.2, -0.15) is 0 Å². The Hall–Kier alpha value is -1.77. The van der Waals surface area contributed by atoms with Gasteiger partial charge < -0.3 is 10.4 Å². The first-order valence-electron chi connectivity index (χ1n) is 5.26. The Morgan fingerprint density at radius 1 is 1.62 bits per heavy atom. The van der Waals surface area contributed by atoms with Crippen LogP contribution in [-0.2, 0) is 0 Å². The van der Waals surface area contributed by atoms with Gasteiger partial charge in [-0.15, -0.1) is 6.58 Å². The summed E-state index contributed by atoms with van der Waals surface area (Å²) in [5.41, 5.74) is 1.95. The van der Waals surface area contributed by atoms with E-state index in [1.54, 1.807) is 12.1 Å². The molecule has 0 fully saturated rings. The Balaban J connectivity index is 3.01. The van der Waals surface area contributed by atoms with Gasteiger partial charge in [0.05, 0.1) is 11.3 Å². The van der Waals surface area contributed by atoms with E-state index in [0.717, 1.165) is 12.0 Å². The monoisotopic (exact) mass is 219 g/mol. The molecule has 0 aliphatic rings. The summed E-state index contributed by atoms with van der Waals surface area (Å²) in [6, 6.07) is 5.44. The molecule has 0 spiro atoms. The van der Waals surface area contributed by atoms with Crippen LogP contribution in [-0.4, -0.2) is 17.1 Å². The average Bonchev–Trinajstić information content (AvgIpc) is 2.21. The highest BCUT2D eigenvalue weighted by Crippen LogP contribution is 2.21. The van der Waals surface area contributed by atoms with E-state index in [1.807, 2.05) is 26.0 Å². The molecule has 0 radical (unpaired) electrons. The highest BCUT2D eigenvalue weighted by molar-refractivity contribution is 5.95. The predicted octanol–water partition coefficient (Wildman–Crippen LogP) is 3.07. The smallest absolute Gasteiger partial charge is 0.337 e. The van der Waals surface area contributed by atoms with Crippen LogP contribution in [0.2, 0.25) is 0 Å². The van der Waals surface area contributed by atoms with Crippen molar-refractivity contribution in [1.29, 1.82) is 0 Å². The van der Waals surface area contributed by atoms with Gasteiger partial charge in [0.1, 0.15) is 0 Å². The molecule has 1 rings (SSSR count). The summed E-state index contributed by atoms with van der Waals surface area (Å²) >= 11 is 0. The van der Waals surface area contributed by atoms with Gasteiger partial charge in [-0.25, -0.2) is 4.79 Å². The van der Waals surface area contributed by atoms with Gasteiger partial charge in [-0.3, -0.25) is 0 Å². The maximum atomic E-state index is 11.1. The van der Waals surface area contributed by atoms with Gasteiger partial charge in [0.15, 0.2) is 0 Å². The van der Waals surface area contributed by atoms with Crippen LogP contribution >= 0.6 is 0 Å². The highest BCUT2D eigenvalue weighted by atomic mass is 16.4. The lowest BCUT2D eigenvalue weighted by Crippen LogP contribution is -2.17. The lowest BCUT2D eigenvalue weighted by atomic mass is 10.1. The minimum Gasteiger partial charge on any atom is -0.478 e. The van der Waals surface area contributed by atoms with E-state index in [1.165, 1.54) is 0 Å². The van der Waals surface area contributed by atoms with Crippen LogP contribution in [0.4, 0.5) is 5.69 Å². The predicted molar refractivity (Wildman–Crippen MR) is 66.0 cm³/mol. The van der Waals surface area contributed by atoms with Crippen molar-refractivity contribution in [3.63, 3.8) is 0 Å². The van der Waals surface area contributed by atoms with Crippen molar-refractivity contribution in [3.8, 4) is 0 Å². The molecule has 0 aliphatic heterocycles. The Morgan fingerprint density at radius 2 is 2.31 bits per heavy atom. The molecule has 86 valence electrons. The Labute approximate surface area is 95.8 Å². The van der Waals surface area contributed by atoms with Gasteiger partial charge in [-0.1, -0.05) is 18.2 Å². The number of hydrogen-bond acceptors (Lipinski definition) is 2. The topological polar surface area (TPSA) is 49.3 Å². The summed E-state index contributed by atoms with van der Waals surface area (Å²) < 4.78 is 0. The Morgan fingerprint density at radius 3 is 2.88 bits per heavy atom. The molecular weight excluding hydrogens is 202 g/mol. The SMILES string of the molecule is C=CCC(C)Nc1c(C)cccc1C(=O)O. The normalized spacial score (nSPS) is 11.9. The third-order valence-corrected chi connectivity index (χ3v) is 2.41. The molecule has 16 heavy (non-hydrogen) atoms. The van der Waals surface area contributed by atoms with E-state index in [9.17, 15) is 4.79 Å². The average molecular weight is 219 g/mol. The number of benzene rings is 1. The first kappa shape index (κ1) is 12.3. The van der Waals surface area contributed by atoms with Gasteiger partial charge in [0.25, 0.3) is 0 Å². The zero-order valence-electron chi connectivity index (χ0n) is 9.66. The van der Waals surface area contributed by atoms with E-state index >= 15 is 0 Å². The minimum atomic E-state index is -0.906. The number of aromatic carboxylic acids is 1. The zero-order valence-corrected chi connectivity index (χ0v) is 9.66. The molecule has 0 bridgehead atoms. The van der Waals surface area contributed by atoms with Gasteiger partial charge in [0, 0.05) is 6.04 Å². The van der Waals surface area contributed by atoms with Crippen molar-refractivity contribution in [2.24, 2.45) is 0 Å². The third kappa shape index (κ3) is 2.86. The maximum absolute atomic E-state index is 11.1. The number of anilines is 1. The van der Waals surface area contributed by atoms with E-state index in [0.29, 0.717) is 11.3 Å². The summed E-state index contributed by atoms with van der Waals surface area (Å²) in [7, 11) is 0. The Kier molecular flexibility index (Phi) is 4.11. The molecule has 0 aromatic heterocycles. The molecule has 1 aromatic rings. The van der Waals surface area contributed by atoms with Crippen LogP contribution in [0.1, 0.15) is 29.3 Å². The van der Waals surface area contributed by atoms with Gasteiger partial charge in [0.2, 0.25) is 0 Å². The summed E-state index contributed by atoms with van der Waals surface area (Å²) in [5.74, 6) is -0.906. The second kappa shape index (κ2) is 5.35. The molecule has 2 N–H and O–H groups in total. The molecule has 0 saturated heterocycles. The lowest BCUT2D eigenvalue weighted by Gasteiger charge is -2.17. The van der Waals surface area contributed by atoms with Crippen LogP contribution < -0.4 is 5.32 Å². The fourth-order valence-electron chi connectivity index (χ4n) is 1.59. The third-order valence-electron chi connectivity index (χ3n) is 2.41. The number of carboxylic acid groups (broad SMARTS) is 1. The minimum absolute atomic E-state index is 0.178. The number of hydrogen-bond donors (Lipinski definition) is 2. The largest absolute Gasteiger partial charge is 0.478 e. The number of aryl methyl sites for hydroxylation is 1. The van der Waals surface area contributed by atoms with E-state index in [2.05, 4.69) is 11.9 Å².